The molecule has 0 aliphatic heterocycles. The molecule has 0 N–H and O–H groups in total. The number of esters is 1. The summed E-state index contributed by atoms with van der Waals surface area (Å²) in [5, 5.41) is 0.295. The second kappa shape index (κ2) is 6.22. The number of nitrogens with zero attached hydrogens (tertiary/aromatic N) is 2. The van der Waals surface area contributed by atoms with Crippen molar-refractivity contribution in [2.75, 3.05) is 0 Å². The lowest BCUT2D eigenvalue weighted by atomic mass is 10.1. The lowest BCUT2D eigenvalue weighted by molar-refractivity contribution is -0.153. The average molecular weight is 305 g/mol. The van der Waals surface area contributed by atoms with Crippen molar-refractivity contribution >= 4 is 17.6 Å². The van der Waals surface area contributed by atoms with E-state index >= 15 is 0 Å². The summed E-state index contributed by atoms with van der Waals surface area (Å²) in [4.78, 5) is 20.3. The molecule has 2 aromatic rings. The monoisotopic (exact) mass is 304 g/mol. The fraction of sp³-hybridized carbons (Fsp3) is 0.312. The average Bonchev–Trinajstić information content (AvgIpc) is 2.40. The van der Waals surface area contributed by atoms with Crippen LogP contribution in [0.1, 0.15) is 26.3 Å². The van der Waals surface area contributed by atoms with E-state index in [0.717, 1.165) is 5.69 Å². The lowest BCUT2D eigenvalue weighted by Gasteiger charge is -2.19. The summed E-state index contributed by atoms with van der Waals surface area (Å²) < 4.78 is 5.27. The van der Waals surface area contributed by atoms with Crippen molar-refractivity contribution in [2.24, 2.45) is 0 Å². The molecule has 0 saturated carbocycles. The van der Waals surface area contributed by atoms with E-state index in [4.69, 9.17) is 16.3 Å². The minimum Gasteiger partial charge on any atom is -0.460 e. The maximum absolute atomic E-state index is 11.8. The van der Waals surface area contributed by atoms with Gasteiger partial charge in [-0.1, -0.05) is 23.7 Å². The molecule has 0 amide bonds. The molecule has 4 nitrogen and oxygen atoms in total. The number of hydrogen-bond acceptors (Lipinski definition) is 4. The largest absolute Gasteiger partial charge is 0.460 e. The van der Waals surface area contributed by atoms with Crippen LogP contribution in [-0.2, 0) is 16.0 Å². The van der Waals surface area contributed by atoms with Crippen LogP contribution >= 0.6 is 11.6 Å². The Morgan fingerprint density at radius 1 is 1.19 bits per heavy atom. The third-order valence-electron chi connectivity index (χ3n) is 2.61. The molecule has 0 radical (unpaired) electrons. The highest BCUT2D eigenvalue weighted by molar-refractivity contribution is 6.30. The molecule has 0 saturated heterocycles. The molecule has 2 rings (SSSR count). The minimum absolute atomic E-state index is 0.103. The van der Waals surface area contributed by atoms with Crippen LogP contribution in [0.2, 0.25) is 5.15 Å². The number of carbonyl (C=O) groups is 1. The number of hydrogen-bond donors (Lipinski definition) is 0. The topological polar surface area (TPSA) is 52.1 Å². The first-order valence-corrected chi connectivity index (χ1v) is 7.01. The van der Waals surface area contributed by atoms with Crippen molar-refractivity contribution in [1.82, 2.24) is 9.97 Å². The molecule has 0 unspecified atom stereocenters. The van der Waals surface area contributed by atoms with Crippen molar-refractivity contribution in [3.05, 3.63) is 47.2 Å². The van der Waals surface area contributed by atoms with Gasteiger partial charge in [-0.3, -0.25) is 9.78 Å². The van der Waals surface area contributed by atoms with Crippen LogP contribution in [0.5, 0.6) is 0 Å². The maximum atomic E-state index is 11.8. The van der Waals surface area contributed by atoms with E-state index in [1.807, 2.05) is 39.0 Å². The van der Waals surface area contributed by atoms with Gasteiger partial charge in [0.15, 0.2) is 0 Å². The number of carbonyl (C=O) groups excluding carboxylic acids is 1. The van der Waals surface area contributed by atoms with Gasteiger partial charge in [0.05, 0.1) is 17.8 Å². The van der Waals surface area contributed by atoms with Crippen LogP contribution in [0.3, 0.4) is 0 Å². The number of aromatic nitrogens is 2. The predicted octanol–water partition coefficient (Wildman–Crippen LogP) is 3.68. The Morgan fingerprint density at radius 2 is 1.95 bits per heavy atom. The van der Waals surface area contributed by atoms with Crippen LogP contribution in [-0.4, -0.2) is 21.5 Å². The summed E-state index contributed by atoms with van der Waals surface area (Å²) >= 11 is 6.15. The number of halogens is 1. The number of ether oxygens (including phenoxy) is 1. The van der Waals surface area contributed by atoms with Gasteiger partial charge < -0.3 is 4.74 Å². The molecule has 2 heterocycles. The van der Waals surface area contributed by atoms with Crippen LogP contribution in [0.25, 0.3) is 11.4 Å². The Morgan fingerprint density at radius 3 is 2.52 bits per heavy atom. The summed E-state index contributed by atoms with van der Waals surface area (Å²) in [6.45, 7) is 5.48. The highest BCUT2D eigenvalue weighted by Gasteiger charge is 2.18. The SMILES string of the molecule is CC(C)(C)OC(=O)Cc1ccc(-c2ccccn2)nc1Cl. The van der Waals surface area contributed by atoms with Gasteiger partial charge in [-0.2, -0.15) is 0 Å². The second-order valence-corrected chi connectivity index (χ2v) is 5.98. The zero-order valence-electron chi connectivity index (χ0n) is 12.3. The molecule has 0 bridgehead atoms. The molecule has 0 aromatic carbocycles. The lowest BCUT2D eigenvalue weighted by Crippen LogP contribution is -2.25. The summed E-state index contributed by atoms with van der Waals surface area (Å²) in [5.74, 6) is -0.322. The van der Waals surface area contributed by atoms with Gasteiger partial charge in [0.25, 0.3) is 0 Å². The first-order valence-electron chi connectivity index (χ1n) is 6.64. The molecular weight excluding hydrogens is 288 g/mol. The van der Waals surface area contributed by atoms with Crippen molar-refractivity contribution in [3.63, 3.8) is 0 Å². The Hall–Kier alpha value is -1.94. The first-order chi connectivity index (χ1) is 9.85. The van der Waals surface area contributed by atoms with Gasteiger partial charge in [0.1, 0.15) is 10.8 Å². The van der Waals surface area contributed by atoms with Gasteiger partial charge in [-0.05, 0) is 39.0 Å². The Balaban J connectivity index is 2.15. The number of rotatable bonds is 3. The van der Waals surface area contributed by atoms with Gasteiger partial charge in [-0.15, -0.1) is 0 Å². The Labute approximate surface area is 129 Å². The van der Waals surface area contributed by atoms with Crippen molar-refractivity contribution in [2.45, 2.75) is 32.8 Å². The standard InChI is InChI=1S/C16H17ClN2O2/c1-16(2,3)21-14(20)10-11-7-8-13(19-15(11)17)12-6-4-5-9-18-12/h4-9H,10H2,1-3H3. The van der Waals surface area contributed by atoms with Gasteiger partial charge >= 0.3 is 5.97 Å². The normalized spacial score (nSPS) is 11.2. The maximum Gasteiger partial charge on any atom is 0.310 e. The molecule has 0 spiro atoms. The zero-order valence-corrected chi connectivity index (χ0v) is 13.0. The molecule has 0 aliphatic rings. The van der Waals surface area contributed by atoms with Crippen LogP contribution in [0.4, 0.5) is 0 Å². The second-order valence-electron chi connectivity index (χ2n) is 5.62. The molecule has 21 heavy (non-hydrogen) atoms. The summed E-state index contributed by atoms with van der Waals surface area (Å²) in [6, 6.07) is 9.15. The van der Waals surface area contributed by atoms with E-state index in [9.17, 15) is 4.79 Å². The van der Waals surface area contributed by atoms with Crippen molar-refractivity contribution in [1.29, 1.82) is 0 Å². The highest BCUT2D eigenvalue weighted by atomic mass is 35.5. The molecular formula is C16H17ClN2O2. The highest BCUT2D eigenvalue weighted by Crippen LogP contribution is 2.21. The summed E-state index contributed by atoms with van der Waals surface area (Å²) in [6.07, 6.45) is 1.80. The van der Waals surface area contributed by atoms with E-state index in [0.29, 0.717) is 16.4 Å². The summed E-state index contributed by atoms with van der Waals surface area (Å²) in [5.41, 5.74) is 1.55. The Bertz CT molecular complexity index is 636. The van der Waals surface area contributed by atoms with Gasteiger partial charge in [-0.25, -0.2) is 4.98 Å². The van der Waals surface area contributed by atoms with E-state index in [1.165, 1.54) is 0 Å². The fourth-order valence-electron chi connectivity index (χ4n) is 1.78. The van der Waals surface area contributed by atoms with E-state index < -0.39 is 5.60 Å². The fourth-order valence-corrected chi connectivity index (χ4v) is 2.01. The third-order valence-corrected chi connectivity index (χ3v) is 2.94. The molecule has 5 heteroatoms. The number of pyridine rings is 2. The van der Waals surface area contributed by atoms with E-state index in [2.05, 4.69) is 9.97 Å². The summed E-state index contributed by atoms with van der Waals surface area (Å²) in [7, 11) is 0. The van der Waals surface area contributed by atoms with E-state index in [1.54, 1.807) is 18.3 Å². The quantitative estimate of drug-likeness (QED) is 0.641. The van der Waals surface area contributed by atoms with Gasteiger partial charge in [0, 0.05) is 11.8 Å². The molecule has 0 atom stereocenters. The molecule has 2 aromatic heterocycles. The molecule has 0 fully saturated rings. The van der Waals surface area contributed by atoms with Crippen molar-refractivity contribution in [3.8, 4) is 11.4 Å². The molecule has 110 valence electrons. The predicted molar refractivity (Wildman–Crippen MR) is 82.0 cm³/mol. The van der Waals surface area contributed by atoms with Crippen LogP contribution in [0, 0.1) is 0 Å². The first kappa shape index (κ1) is 15.4. The zero-order chi connectivity index (χ0) is 15.5. The van der Waals surface area contributed by atoms with Crippen LogP contribution in [0.15, 0.2) is 36.5 Å². The van der Waals surface area contributed by atoms with Crippen molar-refractivity contribution < 1.29 is 9.53 Å². The smallest absolute Gasteiger partial charge is 0.310 e. The van der Waals surface area contributed by atoms with E-state index in [-0.39, 0.29) is 12.4 Å². The van der Waals surface area contributed by atoms with Gasteiger partial charge in [0.2, 0.25) is 0 Å². The Kier molecular flexibility index (Phi) is 4.58. The van der Waals surface area contributed by atoms with Crippen LogP contribution < -0.4 is 0 Å². The minimum atomic E-state index is -0.509. The molecule has 0 aliphatic carbocycles. The third kappa shape index (κ3) is 4.53.